The average molecular weight is 301 g/mol. The molecule has 0 unspecified atom stereocenters. The first-order valence-corrected chi connectivity index (χ1v) is 6.25. The molecule has 110 valence electrons. The fraction of sp³-hybridized carbons (Fsp3) is 0. The molecule has 0 aliphatic heterocycles. The molecule has 22 heavy (non-hydrogen) atoms. The second kappa shape index (κ2) is 5.36. The first-order chi connectivity index (χ1) is 10.5. The van der Waals surface area contributed by atoms with Crippen molar-refractivity contribution in [3.05, 3.63) is 66.0 Å². The average Bonchev–Trinajstić information content (AvgIpc) is 2.97. The van der Waals surface area contributed by atoms with Gasteiger partial charge in [-0.3, -0.25) is 0 Å². The molecule has 0 spiro atoms. The summed E-state index contributed by atoms with van der Waals surface area (Å²) < 4.78 is 27.8. The normalized spacial score (nSPS) is 10.6. The zero-order valence-corrected chi connectivity index (χ0v) is 11.1. The van der Waals surface area contributed by atoms with Crippen molar-refractivity contribution < 1.29 is 18.7 Å². The molecule has 0 atom stereocenters. The molecule has 5 nitrogen and oxygen atoms in total. The molecule has 0 saturated heterocycles. The van der Waals surface area contributed by atoms with Crippen molar-refractivity contribution in [3.8, 4) is 17.1 Å². The minimum absolute atomic E-state index is 0.0505. The summed E-state index contributed by atoms with van der Waals surface area (Å²) in [5.74, 6) is -2.27. The summed E-state index contributed by atoms with van der Waals surface area (Å²) in [6.07, 6.45) is 1.28. The summed E-state index contributed by atoms with van der Waals surface area (Å²) in [6, 6.07) is 9.19. The number of carboxylic acid groups (broad SMARTS) is 1. The van der Waals surface area contributed by atoms with Gasteiger partial charge < -0.3 is 5.11 Å². The van der Waals surface area contributed by atoms with Gasteiger partial charge in [-0.15, -0.1) is 5.10 Å². The number of aromatic carboxylic acids is 1. The number of halogens is 2. The van der Waals surface area contributed by atoms with Gasteiger partial charge in [-0.1, -0.05) is 12.1 Å². The zero-order valence-electron chi connectivity index (χ0n) is 11.1. The van der Waals surface area contributed by atoms with Gasteiger partial charge in [0, 0.05) is 11.6 Å². The van der Waals surface area contributed by atoms with E-state index in [9.17, 15) is 13.6 Å². The summed E-state index contributed by atoms with van der Waals surface area (Å²) in [7, 11) is 0. The predicted octanol–water partition coefficient (Wildman–Crippen LogP) is 2.91. The molecular weight excluding hydrogens is 292 g/mol. The number of aromatic nitrogens is 3. The number of carboxylic acids is 1. The third-order valence-electron chi connectivity index (χ3n) is 3.02. The molecule has 0 amide bonds. The van der Waals surface area contributed by atoms with Crippen molar-refractivity contribution in [1.82, 2.24) is 14.8 Å². The van der Waals surface area contributed by atoms with Gasteiger partial charge in [-0.2, -0.15) is 0 Å². The first kappa shape index (κ1) is 13.9. The summed E-state index contributed by atoms with van der Waals surface area (Å²) in [4.78, 5) is 15.0. The SMILES string of the molecule is O=C(O)c1cccc(-c2ncn(-c3ccc(F)cc3F)n2)c1. The Bertz CT molecular complexity index is 861. The second-order valence-corrected chi connectivity index (χ2v) is 4.49. The van der Waals surface area contributed by atoms with Gasteiger partial charge in [0.25, 0.3) is 0 Å². The zero-order chi connectivity index (χ0) is 15.7. The van der Waals surface area contributed by atoms with E-state index in [4.69, 9.17) is 5.11 Å². The van der Waals surface area contributed by atoms with Crippen LogP contribution in [0.4, 0.5) is 8.78 Å². The van der Waals surface area contributed by atoms with Crippen LogP contribution in [0.3, 0.4) is 0 Å². The summed E-state index contributed by atoms with van der Waals surface area (Å²) in [5.41, 5.74) is 0.637. The highest BCUT2D eigenvalue weighted by atomic mass is 19.1. The summed E-state index contributed by atoms with van der Waals surface area (Å²) in [5, 5.41) is 13.1. The molecule has 0 aliphatic rings. The van der Waals surface area contributed by atoms with E-state index < -0.39 is 17.6 Å². The number of nitrogens with zero attached hydrogens (tertiary/aromatic N) is 3. The van der Waals surface area contributed by atoms with Gasteiger partial charge in [-0.25, -0.2) is 23.2 Å². The molecule has 0 saturated carbocycles. The molecule has 0 bridgehead atoms. The van der Waals surface area contributed by atoms with E-state index in [0.29, 0.717) is 5.56 Å². The molecule has 0 radical (unpaired) electrons. The monoisotopic (exact) mass is 301 g/mol. The van der Waals surface area contributed by atoms with Crippen LogP contribution in [0.2, 0.25) is 0 Å². The van der Waals surface area contributed by atoms with Gasteiger partial charge in [0.2, 0.25) is 0 Å². The minimum atomic E-state index is -1.06. The molecular formula is C15H9F2N3O2. The Balaban J connectivity index is 2.00. The van der Waals surface area contributed by atoms with Gasteiger partial charge in [0.15, 0.2) is 11.6 Å². The number of rotatable bonds is 3. The second-order valence-electron chi connectivity index (χ2n) is 4.49. The Morgan fingerprint density at radius 3 is 2.68 bits per heavy atom. The topological polar surface area (TPSA) is 68.0 Å². The quantitative estimate of drug-likeness (QED) is 0.807. The van der Waals surface area contributed by atoms with Crippen LogP contribution < -0.4 is 0 Å². The van der Waals surface area contributed by atoms with Crippen molar-refractivity contribution in [1.29, 1.82) is 0 Å². The van der Waals surface area contributed by atoms with E-state index in [1.807, 2.05) is 0 Å². The van der Waals surface area contributed by atoms with Crippen molar-refractivity contribution in [3.63, 3.8) is 0 Å². The lowest BCUT2D eigenvalue weighted by Crippen LogP contribution is -1.99. The van der Waals surface area contributed by atoms with Crippen LogP contribution in [0.25, 0.3) is 17.1 Å². The number of benzene rings is 2. The molecule has 7 heteroatoms. The summed E-state index contributed by atoms with van der Waals surface area (Å²) >= 11 is 0. The first-order valence-electron chi connectivity index (χ1n) is 6.25. The van der Waals surface area contributed by atoms with Crippen LogP contribution in [0.5, 0.6) is 0 Å². The van der Waals surface area contributed by atoms with Crippen molar-refractivity contribution in [2.24, 2.45) is 0 Å². The third kappa shape index (κ3) is 2.56. The van der Waals surface area contributed by atoms with Crippen molar-refractivity contribution >= 4 is 5.97 Å². The molecule has 1 aromatic heterocycles. The van der Waals surface area contributed by atoms with Crippen LogP contribution in [0, 0.1) is 11.6 Å². The molecule has 1 heterocycles. The fourth-order valence-corrected chi connectivity index (χ4v) is 1.97. The molecule has 3 aromatic rings. The minimum Gasteiger partial charge on any atom is -0.478 e. The standard InChI is InChI=1S/C15H9F2N3O2/c16-11-4-5-13(12(17)7-11)20-8-18-14(19-20)9-2-1-3-10(6-9)15(21)22/h1-8H,(H,21,22). The van der Waals surface area contributed by atoms with Crippen LogP contribution in [0.15, 0.2) is 48.8 Å². The summed E-state index contributed by atoms with van der Waals surface area (Å²) in [6.45, 7) is 0. The molecule has 2 aromatic carbocycles. The highest BCUT2D eigenvalue weighted by molar-refractivity contribution is 5.89. The third-order valence-corrected chi connectivity index (χ3v) is 3.02. The largest absolute Gasteiger partial charge is 0.478 e. The maximum atomic E-state index is 13.7. The smallest absolute Gasteiger partial charge is 0.335 e. The van der Waals surface area contributed by atoms with Gasteiger partial charge >= 0.3 is 5.97 Å². The van der Waals surface area contributed by atoms with Crippen LogP contribution >= 0.6 is 0 Å². The fourth-order valence-electron chi connectivity index (χ4n) is 1.97. The lowest BCUT2D eigenvalue weighted by atomic mass is 10.1. The molecule has 3 rings (SSSR count). The van der Waals surface area contributed by atoms with Gasteiger partial charge in [0.1, 0.15) is 17.8 Å². The Kier molecular flexibility index (Phi) is 3.38. The van der Waals surface area contributed by atoms with Crippen molar-refractivity contribution in [2.75, 3.05) is 0 Å². The van der Waals surface area contributed by atoms with Crippen molar-refractivity contribution in [2.45, 2.75) is 0 Å². The Hall–Kier alpha value is -3.09. The van der Waals surface area contributed by atoms with Crippen LogP contribution in [-0.2, 0) is 0 Å². The number of hydrogen-bond donors (Lipinski definition) is 1. The van der Waals surface area contributed by atoms with E-state index in [0.717, 1.165) is 16.8 Å². The highest BCUT2D eigenvalue weighted by Gasteiger charge is 2.11. The van der Waals surface area contributed by atoms with E-state index in [-0.39, 0.29) is 17.1 Å². The Labute approximate surface area is 123 Å². The van der Waals surface area contributed by atoms with Crippen LogP contribution in [0.1, 0.15) is 10.4 Å². The predicted molar refractivity (Wildman–Crippen MR) is 73.7 cm³/mol. The van der Waals surface area contributed by atoms with E-state index >= 15 is 0 Å². The van der Waals surface area contributed by atoms with E-state index in [1.165, 1.54) is 24.5 Å². The van der Waals surface area contributed by atoms with Crippen LogP contribution in [-0.4, -0.2) is 25.8 Å². The Morgan fingerprint density at radius 1 is 1.14 bits per heavy atom. The van der Waals surface area contributed by atoms with Gasteiger partial charge in [-0.05, 0) is 24.3 Å². The van der Waals surface area contributed by atoms with E-state index in [2.05, 4.69) is 10.1 Å². The molecule has 1 N–H and O–H groups in total. The van der Waals surface area contributed by atoms with E-state index in [1.54, 1.807) is 12.1 Å². The van der Waals surface area contributed by atoms with Gasteiger partial charge in [0.05, 0.1) is 5.56 Å². The highest BCUT2D eigenvalue weighted by Crippen LogP contribution is 2.19. The number of carbonyl (C=O) groups is 1. The molecule has 0 aliphatic carbocycles. The lowest BCUT2D eigenvalue weighted by Gasteiger charge is -2.02. The molecule has 0 fully saturated rings. The Morgan fingerprint density at radius 2 is 1.95 bits per heavy atom. The maximum Gasteiger partial charge on any atom is 0.335 e. The number of hydrogen-bond acceptors (Lipinski definition) is 3. The lowest BCUT2D eigenvalue weighted by molar-refractivity contribution is 0.0697. The maximum absolute atomic E-state index is 13.7.